The summed E-state index contributed by atoms with van der Waals surface area (Å²) in [5.74, 6) is -1.34. The van der Waals surface area contributed by atoms with Gasteiger partial charge < -0.3 is 5.11 Å². The Bertz CT molecular complexity index is 592. The zero-order valence-corrected chi connectivity index (χ0v) is 8.72. The fourth-order valence-electron chi connectivity index (χ4n) is 1.35. The van der Waals surface area contributed by atoms with Gasteiger partial charge in [-0.15, -0.1) is 0 Å². The highest BCUT2D eigenvalue weighted by Gasteiger charge is 2.32. The molecular formula is C10H6F3N3O2. The molecule has 0 spiro atoms. The highest BCUT2D eigenvalue weighted by atomic mass is 19.4. The minimum absolute atomic E-state index is 0.0273. The molecule has 0 atom stereocenters. The van der Waals surface area contributed by atoms with E-state index in [1.165, 1.54) is 18.3 Å². The summed E-state index contributed by atoms with van der Waals surface area (Å²) in [5, 5.41) is 12.4. The average molecular weight is 257 g/mol. The lowest BCUT2D eigenvalue weighted by atomic mass is 10.3. The number of pyridine rings is 1. The van der Waals surface area contributed by atoms with Crippen molar-refractivity contribution in [2.24, 2.45) is 0 Å². The quantitative estimate of drug-likeness (QED) is 0.893. The van der Waals surface area contributed by atoms with Crippen molar-refractivity contribution >= 4 is 5.97 Å². The van der Waals surface area contributed by atoms with Crippen LogP contribution in [0.1, 0.15) is 16.1 Å². The summed E-state index contributed by atoms with van der Waals surface area (Å²) >= 11 is 0. The first-order valence-electron chi connectivity index (χ1n) is 4.70. The smallest absolute Gasteiger partial charge is 0.419 e. The molecule has 0 radical (unpaired) electrons. The lowest BCUT2D eigenvalue weighted by Crippen LogP contribution is -2.08. The lowest BCUT2D eigenvalue weighted by Gasteiger charge is -2.04. The predicted molar refractivity (Wildman–Crippen MR) is 53.3 cm³/mol. The molecule has 0 fully saturated rings. The van der Waals surface area contributed by atoms with Crippen molar-refractivity contribution < 1.29 is 23.1 Å². The van der Waals surface area contributed by atoms with Crippen LogP contribution >= 0.6 is 0 Å². The van der Waals surface area contributed by atoms with Gasteiger partial charge in [0.05, 0.1) is 17.4 Å². The average Bonchev–Trinajstić information content (AvgIpc) is 2.77. The van der Waals surface area contributed by atoms with Crippen molar-refractivity contribution in [3.63, 3.8) is 0 Å². The molecule has 94 valence electrons. The Morgan fingerprint density at radius 2 is 2.11 bits per heavy atom. The minimum Gasteiger partial charge on any atom is -0.476 e. The number of carboxylic acid groups (broad SMARTS) is 1. The van der Waals surface area contributed by atoms with E-state index < -0.39 is 17.7 Å². The zero-order chi connectivity index (χ0) is 13.3. The van der Waals surface area contributed by atoms with Gasteiger partial charge in [0.15, 0.2) is 5.69 Å². The van der Waals surface area contributed by atoms with Crippen molar-refractivity contribution in [2.75, 3.05) is 0 Å². The Labute approximate surface area is 98.5 Å². The van der Waals surface area contributed by atoms with E-state index in [0.717, 1.165) is 4.68 Å². The molecule has 0 aliphatic heterocycles. The maximum absolute atomic E-state index is 12.4. The summed E-state index contributed by atoms with van der Waals surface area (Å²) in [6.07, 6.45) is -1.95. The maximum Gasteiger partial charge on any atom is 0.419 e. The molecule has 2 aromatic heterocycles. The highest BCUT2D eigenvalue weighted by molar-refractivity contribution is 5.89. The summed E-state index contributed by atoms with van der Waals surface area (Å²) in [7, 11) is 0. The molecule has 8 heteroatoms. The van der Waals surface area contributed by atoms with Crippen molar-refractivity contribution in [1.82, 2.24) is 14.8 Å². The summed E-state index contributed by atoms with van der Waals surface area (Å²) in [6, 6.07) is 2.74. The molecule has 0 aromatic carbocycles. The van der Waals surface area contributed by atoms with Crippen LogP contribution in [0.2, 0.25) is 0 Å². The monoisotopic (exact) mass is 257 g/mol. The number of rotatable bonds is 2. The number of aromatic nitrogens is 3. The minimum atomic E-state index is -4.52. The molecule has 0 saturated heterocycles. The molecule has 0 unspecified atom stereocenters. The van der Waals surface area contributed by atoms with Crippen LogP contribution in [0, 0.1) is 0 Å². The van der Waals surface area contributed by atoms with Gasteiger partial charge in [0.1, 0.15) is 0 Å². The molecule has 0 amide bonds. The summed E-state index contributed by atoms with van der Waals surface area (Å²) in [4.78, 5) is 14.5. The summed E-state index contributed by atoms with van der Waals surface area (Å²) in [6.45, 7) is 0. The van der Waals surface area contributed by atoms with Crippen LogP contribution in [0.4, 0.5) is 13.2 Å². The third kappa shape index (κ3) is 2.17. The van der Waals surface area contributed by atoms with Gasteiger partial charge in [-0.05, 0) is 12.1 Å². The summed E-state index contributed by atoms with van der Waals surface area (Å²) in [5.41, 5.74) is -1.35. The van der Waals surface area contributed by atoms with Crippen molar-refractivity contribution in [1.29, 1.82) is 0 Å². The normalized spacial score (nSPS) is 11.5. The second-order valence-corrected chi connectivity index (χ2v) is 3.35. The topological polar surface area (TPSA) is 68.0 Å². The van der Waals surface area contributed by atoms with Gasteiger partial charge in [-0.3, -0.25) is 0 Å². The van der Waals surface area contributed by atoms with Gasteiger partial charge in [-0.2, -0.15) is 18.3 Å². The zero-order valence-electron chi connectivity index (χ0n) is 8.72. The molecule has 1 N–H and O–H groups in total. The molecule has 5 nitrogen and oxygen atoms in total. The van der Waals surface area contributed by atoms with Gasteiger partial charge in [-0.25, -0.2) is 14.5 Å². The fraction of sp³-hybridized carbons (Fsp3) is 0.100. The van der Waals surface area contributed by atoms with Crippen molar-refractivity contribution in [2.45, 2.75) is 6.18 Å². The Kier molecular flexibility index (Phi) is 2.77. The van der Waals surface area contributed by atoms with E-state index in [1.54, 1.807) is 0 Å². The largest absolute Gasteiger partial charge is 0.476 e. The van der Waals surface area contributed by atoms with E-state index in [-0.39, 0.29) is 11.4 Å². The Hall–Kier alpha value is -2.38. The van der Waals surface area contributed by atoms with Gasteiger partial charge >= 0.3 is 12.1 Å². The molecule has 18 heavy (non-hydrogen) atoms. The Balaban J connectivity index is 2.50. The van der Waals surface area contributed by atoms with Crippen molar-refractivity contribution in [3.05, 3.63) is 42.0 Å². The number of nitrogens with zero attached hydrogens (tertiary/aromatic N) is 3. The first-order chi connectivity index (χ1) is 8.39. The standard InChI is InChI=1S/C10H6F3N3O2/c11-10(12,13)6-4-15-16(5-6)7-2-1-3-14-8(7)9(17)18/h1-5H,(H,17,18). The number of alkyl halides is 3. The van der Waals surface area contributed by atoms with Gasteiger partial charge in [0.25, 0.3) is 0 Å². The van der Waals surface area contributed by atoms with E-state index in [2.05, 4.69) is 10.1 Å². The fourth-order valence-corrected chi connectivity index (χ4v) is 1.35. The molecule has 2 heterocycles. The highest BCUT2D eigenvalue weighted by Crippen LogP contribution is 2.29. The SMILES string of the molecule is O=C(O)c1ncccc1-n1cc(C(F)(F)F)cn1. The van der Waals surface area contributed by atoms with Gasteiger partial charge in [0.2, 0.25) is 0 Å². The van der Waals surface area contributed by atoms with E-state index in [0.29, 0.717) is 12.4 Å². The summed E-state index contributed by atoms with van der Waals surface area (Å²) < 4.78 is 38.0. The number of halogens is 3. The van der Waals surface area contributed by atoms with E-state index in [4.69, 9.17) is 5.11 Å². The van der Waals surface area contributed by atoms with Crippen LogP contribution in [0.15, 0.2) is 30.7 Å². The number of aromatic carboxylic acids is 1. The second kappa shape index (κ2) is 4.13. The Morgan fingerprint density at radius 3 is 2.67 bits per heavy atom. The van der Waals surface area contributed by atoms with Gasteiger partial charge in [-0.1, -0.05) is 0 Å². The number of hydrogen-bond donors (Lipinski definition) is 1. The lowest BCUT2D eigenvalue weighted by molar-refractivity contribution is -0.137. The molecule has 0 bridgehead atoms. The first-order valence-corrected chi connectivity index (χ1v) is 4.70. The van der Waals surface area contributed by atoms with Gasteiger partial charge in [0, 0.05) is 12.4 Å². The van der Waals surface area contributed by atoms with Crippen LogP contribution in [0.5, 0.6) is 0 Å². The molecule has 2 aromatic rings. The number of hydrogen-bond acceptors (Lipinski definition) is 3. The number of carboxylic acids is 1. The third-order valence-corrected chi connectivity index (χ3v) is 2.15. The third-order valence-electron chi connectivity index (χ3n) is 2.15. The van der Waals surface area contributed by atoms with Crippen LogP contribution in [0.25, 0.3) is 5.69 Å². The second-order valence-electron chi connectivity index (χ2n) is 3.35. The number of carbonyl (C=O) groups is 1. The van der Waals surface area contributed by atoms with Crippen LogP contribution in [0.3, 0.4) is 0 Å². The first kappa shape index (κ1) is 12.1. The van der Waals surface area contributed by atoms with Crippen LogP contribution < -0.4 is 0 Å². The molecule has 0 aliphatic carbocycles. The predicted octanol–water partition coefficient (Wildman–Crippen LogP) is 1.98. The van der Waals surface area contributed by atoms with E-state index >= 15 is 0 Å². The van der Waals surface area contributed by atoms with Crippen LogP contribution in [-0.4, -0.2) is 25.8 Å². The Morgan fingerprint density at radius 1 is 1.39 bits per heavy atom. The molecule has 2 rings (SSSR count). The molecule has 0 saturated carbocycles. The van der Waals surface area contributed by atoms with Crippen LogP contribution in [-0.2, 0) is 6.18 Å². The molecule has 0 aliphatic rings. The molecular weight excluding hydrogens is 251 g/mol. The van der Waals surface area contributed by atoms with Crippen molar-refractivity contribution in [3.8, 4) is 5.69 Å². The van der Waals surface area contributed by atoms with E-state index in [9.17, 15) is 18.0 Å². The maximum atomic E-state index is 12.4. The van der Waals surface area contributed by atoms with E-state index in [1.807, 2.05) is 0 Å².